The van der Waals surface area contributed by atoms with Crippen molar-refractivity contribution in [1.82, 2.24) is 3.71 Å². The Kier molecular flexibility index (Phi) is 2.16. The van der Waals surface area contributed by atoms with Gasteiger partial charge in [0, 0.05) is 12.8 Å². The van der Waals surface area contributed by atoms with Gasteiger partial charge in [-0.3, -0.25) is 4.79 Å². The predicted octanol–water partition coefficient (Wildman–Crippen LogP) is 0.734. The topological polar surface area (TPSA) is 32.8 Å². The summed E-state index contributed by atoms with van der Waals surface area (Å²) in [6.07, 6.45) is 1.77. The largest absolute Gasteiger partial charge is 0.369 e. The van der Waals surface area contributed by atoms with Gasteiger partial charge >= 0.3 is 0 Å². The lowest BCUT2D eigenvalue weighted by atomic mass is 10.0. The number of hydrogen-bond donors (Lipinski definition) is 3. The molecule has 68 valence electrons. The van der Waals surface area contributed by atoms with Crippen molar-refractivity contribution in [2.45, 2.75) is 30.6 Å². The molecule has 0 aromatic carbocycles. The van der Waals surface area contributed by atoms with Crippen LogP contribution in [0.5, 0.6) is 0 Å². The Balaban J connectivity index is 2.19. The smallest absolute Gasteiger partial charge is 0.208 e. The van der Waals surface area contributed by atoms with Crippen molar-refractivity contribution in [2.24, 2.45) is 0 Å². The molecule has 0 aromatic rings. The van der Waals surface area contributed by atoms with Gasteiger partial charge in [0.25, 0.3) is 0 Å². The van der Waals surface area contributed by atoms with Crippen LogP contribution >= 0.6 is 38.3 Å². The number of epoxide rings is 1. The average Bonchev–Trinajstić information content (AvgIpc) is 2.58. The SMILES string of the molecule is O=C(S)C1(N(S)S)CC2OC2C1. The maximum atomic E-state index is 11.2. The molecule has 2 atom stereocenters. The molecule has 0 radical (unpaired) electrons. The summed E-state index contributed by atoms with van der Waals surface area (Å²) in [6, 6.07) is 0. The van der Waals surface area contributed by atoms with Gasteiger partial charge in [0.05, 0.1) is 12.2 Å². The van der Waals surface area contributed by atoms with Crippen molar-refractivity contribution >= 4 is 43.4 Å². The molecule has 3 nitrogen and oxygen atoms in total. The number of rotatable bonds is 2. The van der Waals surface area contributed by atoms with E-state index >= 15 is 0 Å². The highest BCUT2D eigenvalue weighted by Gasteiger charge is 2.60. The molecule has 2 unspecified atom stereocenters. The van der Waals surface area contributed by atoms with Gasteiger partial charge in [-0.1, -0.05) is 25.6 Å². The van der Waals surface area contributed by atoms with Crippen molar-refractivity contribution in [3.8, 4) is 0 Å². The summed E-state index contributed by atoms with van der Waals surface area (Å²) in [5.41, 5.74) is -0.622. The van der Waals surface area contributed by atoms with Gasteiger partial charge in [-0.2, -0.15) is 3.71 Å². The number of hydrogen-bond acceptors (Lipinski definition) is 5. The zero-order valence-electron chi connectivity index (χ0n) is 6.17. The maximum absolute atomic E-state index is 11.2. The third-order valence-corrected chi connectivity index (χ3v) is 3.73. The standard InChI is InChI=1S/C6H9NO2S3/c8-5(10)6(7(11)12)1-3-4(2-6)9-3/h3-4,11-12H,1-2H2,(H,8,10). The van der Waals surface area contributed by atoms with Gasteiger partial charge in [-0.15, -0.1) is 12.6 Å². The molecule has 2 rings (SSSR count). The van der Waals surface area contributed by atoms with Crippen LogP contribution in [0.3, 0.4) is 0 Å². The average molecular weight is 223 g/mol. The molecule has 1 aliphatic heterocycles. The van der Waals surface area contributed by atoms with Gasteiger partial charge in [0.2, 0.25) is 5.12 Å². The first-order chi connectivity index (χ1) is 5.56. The third-order valence-electron chi connectivity index (χ3n) is 2.55. The third kappa shape index (κ3) is 1.21. The van der Waals surface area contributed by atoms with Crippen LogP contribution in [-0.4, -0.2) is 26.6 Å². The van der Waals surface area contributed by atoms with Gasteiger partial charge in [0.1, 0.15) is 5.54 Å². The molecule has 2 aliphatic rings. The Hall–Kier alpha value is 0.640. The van der Waals surface area contributed by atoms with Crippen LogP contribution in [0.1, 0.15) is 12.8 Å². The van der Waals surface area contributed by atoms with Gasteiger partial charge in [-0.05, 0) is 0 Å². The summed E-state index contributed by atoms with van der Waals surface area (Å²) in [5.74, 6) is 0. The van der Waals surface area contributed by atoms with Crippen LogP contribution in [0.25, 0.3) is 0 Å². The van der Waals surface area contributed by atoms with E-state index in [-0.39, 0.29) is 17.3 Å². The van der Waals surface area contributed by atoms with E-state index in [1.807, 2.05) is 0 Å². The van der Waals surface area contributed by atoms with E-state index in [0.717, 1.165) is 0 Å². The predicted molar refractivity (Wildman–Crippen MR) is 54.4 cm³/mol. The summed E-state index contributed by atoms with van der Waals surface area (Å²) >= 11 is 11.9. The number of carbonyl (C=O) groups excluding carboxylic acids is 1. The minimum Gasteiger partial charge on any atom is -0.369 e. The molecule has 0 spiro atoms. The van der Waals surface area contributed by atoms with Gasteiger partial charge in [-0.25, -0.2) is 0 Å². The zero-order chi connectivity index (χ0) is 8.93. The monoisotopic (exact) mass is 223 g/mol. The first kappa shape index (κ1) is 9.21. The van der Waals surface area contributed by atoms with E-state index in [1.54, 1.807) is 0 Å². The molecule has 0 aromatic heterocycles. The van der Waals surface area contributed by atoms with Crippen molar-refractivity contribution in [2.75, 3.05) is 0 Å². The number of ether oxygens (including phenoxy) is 1. The Morgan fingerprint density at radius 3 is 2.17 bits per heavy atom. The normalized spacial score (nSPS) is 44.7. The fourth-order valence-electron chi connectivity index (χ4n) is 1.71. The van der Waals surface area contributed by atoms with Crippen LogP contribution in [0, 0.1) is 0 Å². The van der Waals surface area contributed by atoms with Crippen LogP contribution in [0.2, 0.25) is 0 Å². The van der Waals surface area contributed by atoms with E-state index < -0.39 is 5.54 Å². The molecular weight excluding hydrogens is 214 g/mol. The molecule has 2 fully saturated rings. The van der Waals surface area contributed by atoms with E-state index in [0.29, 0.717) is 12.8 Å². The maximum Gasteiger partial charge on any atom is 0.208 e. The van der Waals surface area contributed by atoms with Crippen molar-refractivity contribution < 1.29 is 9.53 Å². The quantitative estimate of drug-likeness (QED) is 0.477. The minimum atomic E-state index is -0.622. The fraction of sp³-hybridized carbons (Fsp3) is 0.833. The second-order valence-corrected chi connectivity index (χ2v) is 4.77. The molecule has 1 aliphatic carbocycles. The lowest BCUT2D eigenvalue weighted by molar-refractivity contribution is -0.118. The van der Waals surface area contributed by atoms with Crippen molar-refractivity contribution in [3.05, 3.63) is 0 Å². The van der Waals surface area contributed by atoms with Gasteiger partial charge < -0.3 is 4.74 Å². The van der Waals surface area contributed by atoms with Crippen LogP contribution in [-0.2, 0) is 9.53 Å². The highest BCUT2D eigenvalue weighted by atomic mass is 32.2. The molecular formula is C6H9NO2S3. The zero-order valence-corrected chi connectivity index (χ0v) is 8.86. The first-order valence-corrected chi connectivity index (χ1v) is 4.88. The highest BCUT2D eigenvalue weighted by molar-refractivity contribution is 7.97. The summed E-state index contributed by atoms with van der Waals surface area (Å²) in [5, 5.41) is -0.177. The number of thiol groups is 3. The molecule has 0 N–H and O–H groups in total. The van der Waals surface area contributed by atoms with E-state index in [1.165, 1.54) is 3.71 Å². The summed E-state index contributed by atoms with van der Waals surface area (Å²) in [4.78, 5) is 11.2. The summed E-state index contributed by atoms with van der Waals surface area (Å²) < 4.78 is 6.59. The fourth-order valence-corrected chi connectivity index (χ4v) is 2.66. The number of nitrogens with zero attached hydrogens (tertiary/aromatic N) is 1. The number of fused-ring (bicyclic) bond motifs is 1. The second-order valence-electron chi connectivity index (χ2n) is 3.25. The molecule has 1 saturated carbocycles. The Morgan fingerprint density at radius 1 is 1.42 bits per heavy atom. The summed E-state index contributed by atoms with van der Waals surface area (Å²) in [7, 11) is 0. The number of carbonyl (C=O) groups is 1. The molecule has 12 heavy (non-hydrogen) atoms. The lowest BCUT2D eigenvalue weighted by Gasteiger charge is -2.31. The molecule has 0 bridgehead atoms. The second kappa shape index (κ2) is 2.81. The first-order valence-electron chi connectivity index (χ1n) is 3.63. The molecule has 0 amide bonds. The lowest BCUT2D eigenvalue weighted by Crippen LogP contribution is -2.43. The highest BCUT2D eigenvalue weighted by Crippen LogP contribution is 2.49. The molecule has 1 saturated heterocycles. The van der Waals surface area contributed by atoms with Crippen LogP contribution in [0.4, 0.5) is 0 Å². The van der Waals surface area contributed by atoms with Gasteiger partial charge in [0.15, 0.2) is 0 Å². The molecule has 6 heteroatoms. The Bertz CT molecular complexity index is 223. The van der Waals surface area contributed by atoms with Crippen LogP contribution < -0.4 is 0 Å². The Labute approximate surface area is 87.3 Å². The van der Waals surface area contributed by atoms with E-state index in [2.05, 4.69) is 38.3 Å². The van der Waals surface area contributed by atoms with Crippen molar-refractivity contribution in [1.29, 1.82) is 0 Å². The van der Waals surface area contributed by atoms with E-state index in [4.69, 9.17) is 4.74 Å². The van der Waals surface area contributed by atoms with Crippen molar-refractivity contribution in [3.63, 3.8) is 0 Å². The van der Waals surface area contributed by atoms with E-state index in [9.17, 15) is 4.79 Å². The molecule has 1 heterocycles. The Morgan fingerprint density at radius 2 is 1.92 bits per heavy atom. The van der Waals surface area contributed by atoms with Crippen LogP contribution in [0.15, 0.2) is 0 Å². The minimum absolute atomic E-state index is 0.177. The summed E-state index contributed by atoms with van der Waals surface area (Å²) in [6.45, 7) is 0.